The molecular weight excluding hydrogens is 325 g/mol. The normalized spacial score (nSPS) is 22.6. The number of likely N-dealkylation sites (tertiary alicyclic amines) is 1. The van der Waals surface area contributed by atoms with E-state index in [1.165, 1.54) is 5.56 Å². The van der Waals surface area contributed by atoms with Crippen LogP contribution in [0.5, 0.6) is 0 Å². The summed E-state index contributed by atoms with van der Waals surface area (Å²) in [6.07, 6.45) is 0.185. The van der Waals surface area contributed by atoms with Crippen molar-refractivity contribution in [2.45, 2.75) is 65.0 Å². The van der Waals surface area contributed by atoms with Crippen LogP contribution in [0.2, 0.25) is 0 Å². The maximum Gasteiger partial charge on any atom is 0.332 e. The first kappa shape index (κ1) is 19.6. The first-order valence-corrected chi connectivity index (χ1v) is 10.4. The highest BCUT2D eigenvalue weighted by molar-refractivity contribution is 7.53. The minimum absolute atomic E-state index is 0.0106. The molecule has 0 amide bonds. The van der Waals surface area contributed by atoms with Crippen LogP contribution < -0.4 is 0 Å². The Labute approximate surface area is 145 Å². The number of β-amino-alcohol motifs (C(OH)–C–C–N with tert-alkyl or cyclic N) is 1. The van der Waals surface area contributed by atoms with Gasteiger partial charge in [0.05, 0.1) is 24.5 Å². The lowest BCUT2D eigenvalue weighted by Crippen LogP contribution is -2.33. The molecule has 0 bridgehead atoms. The van der Waals surface area contributed by atoms with E-state index < -0.39 is 13.7 Å². The summed E-state index contributed by atoms with van der Waals surface area (Å²) in [6, 6.07) is 10.1. The van der Waals surface area contributed by atoms with E-state index in [9.17, 15) is 9.67 Å². The fourth-order valence-corrected chi connectivity index (χ4v) is 5.57. The molecule has 0 radical (unpaired) electrons. The number of hydrogen-bond acceptors (Lipinski definition) is 5. The summed E-state index contributed by atoms with van der Waals surface area (Å²) in [7, 11) is -3.20. The van der Waals surface area contributed by atoms with Crippen LogP contribution in [-0.2, 0) is 20.2 Å². The van der Waals surface area contributed by atoms with Crippen molar-refractivity contribution >= 4 is 7.60 Å². The van der Waals surface area contributed by atoms with Crippen molar-refractivity contribution in [3.05, 3.63) is 35.9 Å². The van der Waals surface area contributed by atoms with Crippen LogP contribution in [0.15, 0.2) is 30.3 Å². The van der Waals surface area contributed by atoms with Crippen LogP contribution in [0.25, 0.3) is 0 Å². The second kappa shape index (κ2) is 8.59. The number of benzene rings is 1. The summed E-state index contributed by atoms with van der Waals surface area (Å²) in [5.41, 5.74) is 1.18. The van der Waals surface area contributed by atoms with E-state index in [1.54, 1.807) is 0 Å². The van der Waals surface area contributed by atoms with Crippen molar-refractivity contribution in [1.82, 2.24) is 4.90 Å². The van der Waals surface area contributed by atoms with Gasteiger partial charge >= 0.3 is 7.60 Å². The SMILES string of the molecule is CC(C)OP(=O)(C[C@@H]1C[C@@H](O)CN1Cc1ccccc1)OC(C)C. The fraction of sp³-hybridized carbons (Fsp3) is 0.667. The molecule has 5 nitrogen and oxygen atoms in total. The molecule has 1 aromatic rings. The summed E-state index contributed by atoms with van der Waals surface area (Å²) >= 11 is 0. The third-order valence-corrected chi connectivity index (χ3v) is 6.27. The highest BCUT2D eigenvalue weighted by Crippen LogP contribution is 2.52. The monoisotopic (exact) mass is 355 g/mol. The van der Waals surface area contributed by atoms with Gasteiger partial charge in [0.25, 0.3) is 0 Å². The van der Waals surface area contributed by atoms with E-state index >= 15 is 0 Å². The van der Waals surface area contributed by atoms with E-state index in [0.717, 1.165) is 6.54 Å². The maximum atomic E-state index is 13.1. The molecule has 1 aromatic carbocycles. The number of aliphatic hydroxyl groups excluding tert-OH is 1. The molecule has 1 saturated heterocycles. The highest BCUT2D eigenvalue weighted by Gasteiger charge is 2.39. The predicted octanol–water partition coefficient (Wildman–Crippen LogP) is 3.66. The standard InChI is InChI=1S/C18H30NO4P/c1-14(2)22-24(21,23-15(3)4)13-17-10-18(20)12-19(17)11-16-8-6-5-7-9-16/h5-9,14-15,17-18,20H,10-13H2,1-4H3/t17-,18+/m0/s1. The molecule has 1 heterocycles. The summed E-state index contributed by atoms with van der Waals surface area (Å²) in [4.78, 5) is 2.18. The summed E-state index contributed by atoms with van der Waals surface area (Å²) < 4.78 is 24.5. The summed E-state index contributed by atoms with van der Waals surface area (Å²) in [5.74, 6) is 0. The molecule has 136 valence electrons. The quantitative estimate of drug-likeness (QED) is 0.721. The molecule has 1 fully saturated rings. The van der Waals surface area contributed by atoms with E-state index in [0.29, 0.717) is 19.1 Å². The van der Waals surface area contributed by atoms with Gasteiger partial charge in [0.1, 0.15) is 0 Å². The Bertz CT molecular complexity index is 535. The Hall–Kier alpha value is -0.710. The molecule has 2 atom stereocenters. The van der Waals surface area contributed by atoms with Crippen LogP contribution in [0.4, 0.5) is 0 Å². The maximum absolute atomic E-state index is 13.1. The molecule has 0 saturated carbocycles. The molecule has 24 heavy (non-hydrogen) atoms. The number of aliphatic hydroxyl groups is 1. The lowest BCUT2D eigenvalue weighted by molar-refractivity contribution is 0.135. The predicted molar refractivity (Wildman–Crippen MR) is 96.2 cm³/mol. The van der Waals surface area contributed by atoms with Crippen molar-refractivity contribution in [3.63, 3.8) is 0 Å². The molecule has 2 rings (SSSR count). The fourth-order valence-electron chi connectivity index (χ4n) is 3.17. The van der Waals surface area contributed by atoms with Crippen LogP contribution in [-0.4, -0.2) is 47.1 Å². The van der Waals surface area contributed by atoms with Gasteiger partial charge in [-0.3, -0.25) is 9.46 Å². The van der Waals surface area contributed by atoms with Gasteiger partial charge in [0.2, 0.25) is 0 Å². The van der Waals surface area contributed by atoms with Gasteiger partial charge in [-0.25, -0.2) is 0 Å². The van der Waals surface area contributed by atoms with Gasteiger partial charge in [-0.1, -0.05) is 30.3 Å². The van der Waals surface area contributed by atoms with Crippen molar-refractivity contribution in [1.29, 1.82) is 0 Å². The zero-order chi connectivity index (χ0) is 17.7. The van der Waals surface area contributed by atoms with E-state index in [-0.39, 0.29) is 18.2 Å². The third-order valence-electron chi connectivity index (χ3n) is 3.91. The Morgan fingerprint density at radius 3 is 2.29 bits per heavy atom. The first-order valence-electron chi connectivity index (χ1n) is 8.69. The van der Waals surface area contributed by atoms with Gasteiger partial charge < -0.3 is 14.2 Å². The Morgan fingerprint density at radius 1 is 1.17 bits per heavy atom. The van der Waals surface area contributed by atoms with Crippen molar-refractivity contribution in [2.24, 2.45) is 0 Å². The molecule has 1 aliphatic rings. The van der Waals surface area contributed by atoms with Gasteiger partial charge in [0, 0.05) is 19.1 Å². The van der Waals surface area contributed by atoms with Crippen molar-refractivity contribution < 1.29 is 18.7 Å². The number of rotatable bonds is 8. The third kappa shape index (κ3) is 5.98. The Kier molecular flexibility index (Phi) is 7.02. The van der Waals surface area contributed by atoms with E-state index in [1.807, 2.05) is 45.9 Å². The second-order valence-electron chi connectivity index (χ2n) is 7.06. The van der Waals surface area contributed by atoms with Crippen molar-refractivity contribution in [3.8, 4) is 0 Å². The Balaban J connectivity index is 2.09. The smallest absolute Gasteiger partial charge is 0.332 e. The summed E-state index contributed by atoms with van der Waals surface area (Å²) in [5, 5.41) is 10.1. The van der Waals surface area contributed by atoms with Crippen LogP contribution >= 0.6 is 7.60 Å². The molecule has 0 aromatic heterocycles. The second-order valence-corrected chi connectivity index (χ2v) is 9.07. The molecule has 0 aliphatic carbocycles. The van der Waals surface area contributed by atoms with Gasteiger partial charge in [0.15, 0.2) is 0 Å². The minimum atomic E-state index is -3.20. The largest absolute Gasteiger partial charge is 0.392 e. The molecule has 6 heteroatoms. The number of nitrogens with zero attached hydrogens (tertiary/aromatic N) is 1. The highest BCUT2D eigenvalue weighted by atomic mass is 31.2. The zero-order valence-electron chi connectivity index (χ0n) is 15.1. The lowest BCUT2D eigenvalue weighted by Gasteiger charge is -2.29. The van der Waals surface area contributed by atoms with Crippen LogP contribution in [0.3, 0.4) is 0 Å². The molecule has 1 aliphatic heterocycles. The molecule has 0 unspecified atom stereocenters. The van der Waals surface area contributed by atoms with E-state index in [2.05, 4.69) is 17.0 Å². The van der Waals surface area contributed by atoms with Crippen LogP contribution in [0, 0.1) is 0 Å². The molecule has 0 spiro atoms. The molecular formula is C18H30NO4P. The molecule has 1 N–H and O–H groups in total. The lowest BCUT2D eigenvalue weighted by atomic mass is 10.2. The summed E-state index contributed by atoms with van der Waals surface area (Å²) in [6.45, 7) is 8.76. The average molecular weight is 355 g/mol. The average Bonchev–Trinajstić information content (AvgIpc) is 2.77. The van der Waals surface area contributed by atoms with Gasteiger partial charge in [-0.05, 0) is 39.7 Å². The topological polar surface area (TPSA) is 59.0 Å². The van der Waals surface area contributed by atoms with E-state index in [4.69, 9.17) is 9.05 Å². The van der Waals surface area contributed by atoms with Crippen molar-refractivity contribution in [2.75, 3.05) is 12.7 Å². The Morgan fingerprint density at radius 2 is 1.75 bits per heavy atom. The minimum Gasteiger partial charge on any atom is -0.392 e. The first-order chi connectivity index (χ1) is 11.3. The van der Waals surface area contributed by atoms with Gasteiger partial charge in [-0.15, -0.1) is 0 Å². The zero-order valence-corrected chi connectivity index (χ0v) is 16.0. The van der Waals surface area contributed by atoms with Gasteiger partial charge in [-0.2, -0.15) is 0 Å². The van der Waals surface area contributed by atoms with Crippen LogP contribution in [0.1, 0.15) is 39.7 Å². The number of hydrogen-bond donors (Lipinski definition) is 1.